The lowest BCUT2D eigenvalue weighted by atomic mass is 10.1. The Labute approximate surface area is 195 Å². The van der Waals surface area contributed by atoms with E-state index in [1.165, 1.54) is 11.8 Å². The van der Waals surface area contributed by atoms with Gasteiger partial charge in [-0.15, -0.1) is 11.8 Å². The number of amidine groups is 1. The summed E-state index contributed by atoms with van der Waals surface area (Å²) in [6, 6.07) is 5.40. The molecule has 0 saturated carbocycles. The SMILES string of the molecule is CCOC(=O)CC1=NC(SC)N(N)C(Oc2cc(C3=NCCN3)cc(N(C)C)c2)=C1[N+](=O)[O-]. The minimum absolute atomic E-state index is 0.0553. The van der Waals surface area contributed by atoms with E-state index in [4.69, 9.17) is 15.3 Å². The molecule has 3 rings (SSSR count). The highest BCUT2D eigenvalue weighted by atomic mass is 32.2. The van der Waals surface area contributed by atoms with E-state index in [0.717, 1.165) is 22.8 Å². The topological polar surface area (TPSA) is 148 Å². The third kappa shape index (κ3) is 5.54. The van der Waals surface area contributed by atoms with Gasteiger partial charge in [0.1, 0.15) is 17.3 Å². The molecule has 33 heavy (non-hydrogen) atoms. The van der Waals surface area contributed by atoms with Crippen molar-refractivity contribution in [2.45, 2.75) is 18.8 Å². The number of nitro groups is 1. The van der Waals surface area contributed by atoms with Crippen LogP contribution in [0.1, 0.15) is 18.9 Å². The van der Waals surface area contributed by atoms with Crippen LogP contribution in [0.2, 0.25) is 0 Å². The quantitative estimate of drug-likeness (QED) is 0.230. The molecule has 1 aromatic carbocycles. The van der Waals surface area contributed by atoms with Gasteiger partial charge in [-0.3, -0.25) is 19.9 Å². The van der Waals surface area contributed by atoms with E-state index in [2.05, 4.69) is 15.3 Å². The zero-order valence-corrected chi connectivity index (χ0v) is 19.7. The van der Waals surface area contributed by atoms with Crippen molar-refractivity contribution in [1.29, 1.82) is 0 Å². The van der Waals surface area contributed by atoms with Crippen molar-refractivity contribution in [3.8, 4) is 5.75 Å². The monoisotopic (exact) mass is 477 g/mol. The molecule has 0 saturated heterocycles. The number of hydrazine groups is 1. The number of hydrogen-bond donors (Lipinski definition) is 2. The van der Waals surface area contributed by atoms with Gasteiger partial charge in [-0.2, -0.15) is 0 Å². The van der Waals surface area contributed by atoms with Crippen LogP contribution in [0.15, 0.2) is 39.8 Å². The Bertz CT molecular complexity index is 1020. The van der Waals surface area contributed by atoms with E-state index in [1.54, 1.807) is 25.3 Å². The van der Waals surface area contributed by atoms with Crippen molar-refractivity contribution in [2.75, 3.05) is 44.9 Å². The number of nitrogens with zero attached hydrogens (tertiary/aromatic N) is 5. The molecule has 2 heterocycles. The minimum Gasteiger partial charge on any atom is -0.466 e. The molecule has 0 aliphatic carbocycles. The van der Waals surface area contributed by atoms with Gasteiger partial charge in [0.05, 0.1) is 24.5 Å². The van der Waals surface area contributed by atoms with Crippen LogP contribution in [-0.4, -0.2) is 73.0 Å². The summed E-state index contributed by atoms with van der Waals surface area (Å²) in [4.78, 5) is 34.0. The Hall–Kier alpha value is -3.32. The van der Waals surface area contributed by atoms with Crippen LogP contribution in [0.25, 0.3) is 0 Å². The van der Waals surface area contributed by atoms with E-state index in [-0.39, 0.29) is 24.6 Å². The summed E-state index contributed by atoms with van der Waals surface area (Å²) in [7, 11) is 3.75. The molecule has 178 valence electrons. The Morgan fingerprint density at radius 3 is 2.76 bits per heavy atom. The molecule has 1 unspecified atom stereocenters. The number of ether oxygens (including phenoxy) is 2. The number of hydrogen-bond acceptors (Lipinski definition) is 12. The maximum Gasteiger partial charge on any atom is 0.352 e. The zero-order valence-electron chi connectivity index (χ0n) is 18.9. The van der Waals surface area contributed by atoms with E-state index in [1.807, 2.05) is 25.1 Å². The minimum atomic E-state index is -0.717. The molecule has 12 nitrogen and oxygen atoms in total. The van der Waals surface area contributed by atoms with Crippen molar-refractivity contribution < 1.29 is 19.2 Å². The fourth-order valence-electron chi connectivity index (χ4n) is 3.27. The van der Waals surface area contributed by atoms with Crippen LogP contribution in [0.3, 0.4) is 0 Å². The maximum atomic E-state index is 12.1. The summed E-state index contributed by atoms with van der Waals surface area (Å²) in [5.41, 5.74) is 0.330. The molecule has 1 aromatic rings. The maximum absolute atomic E-state index is 12.1. The number of benzene rings is 1. The van der Waals surface area contributed by atoms with E-state index >= 15 is 0 Å². The molecule has 1 atom stereocenters. The molecule has 0 amide bonds. The van der Waals surface area contributed by atoms with E-state index in [0.29, 0.717) is 18.1 Å². The third-order valence-electron chi connectivity index (χ3n) is 4.79. The number of anilines is 1. The van der Waals surface area contributed by atoms with Crippen molar-refractivity contribution in [3.05, 3.63) is 45.5 Å². The molecule has 0 radical (unpaired) electrons. The van der Waals surface area contributed by atoms with Crippen molar-refractivity contribution in [2.24, 2.45) is 15.8 Å². The number of thioether (sulfide) groups is 1. The number of aliphatic imine (C=N–C) groups is 2. The number of nitrogens with one attached hydrogen (secondary N) is 1. The first kappa shape index (κ1) is 24.3. The first-order valence-electron chi connectivity index (χ1n) is 10.2. The van der Waals surface area contributed by atoms with E-state index in [9.17, 15) is 14.9 Å². The number of carbonyl (C=O) groups excluding carboxylic acids is 1. The summed E-state index contributed by atoms with van der Waals surface area (Å²) >= 11 is 1.24. The lowest BCUT2D eigenvalue weighted by Gasteiger charge is -2.30. The van der Waals surface area contributed by atoms with Crippen LogP contribution in [0.4, 0.5) is 5.69 Å². The molecule has 2 aliphatic rings. The van der Waals surface area contributed by atoms with Crippen LogP contribution in [0.5, 0.6) is 5.75 Å². The summed E-state index contributed by atoms with van der Waals surface area (Å²) in [5.74, 6) is 6.38. The smallest absolute Gasteiger partial charge is 0.352 e. The van der Waals surface area contributed by atoms with Crippen LogP contribution in [0, 0.1) is 10.1 Å². The largest absolute Gasteiger partial charge is 0.466 e. The second-order valence-corrected chi connectivity index (χ2v) is 8.20. The number of rotatable bonds is 9. The summed E-state index contributed by atoms with van der Waals surface area (Å²) < 4.78 is 11.0. The Morgan fingerprint density at radius 2 is 2.18 bits per heavy atom. The molecule has 0 aromatic heterocycles. The summed E-state index contributed by atoms with van der Waals surface area (Å²) in [6.45, 7) is 3.20. The lowest BCUT2D eigenvalue weighted by molar-refractivity contribution is -0.419. The number of carbonyl (C=O) groups is 1. The van der Waals surface area contributed by atoms with Gasteiger partial charge in [0, 0.05) is 38.0 Å². The lowest BCUT2D eigenvalue weighted by Crippen LogP contribution is -2.45. The molecular formula is C20H27N7O5S. The first-order valence-corrected chi connectivity index (χ1v) is 11.5. The summed E-state index contributed by atoms with van der Waals surface area (Å²) in [5, 5.41) is 16.3. The van der Waals surface area contributed by atoms with Gasteiger partial charge in [0.2, 0.25) is 0 Å². The standard InChI is InChI=1S/C20H27N7O5S/c1-5-31-16(28)11-15-17(27(29)30)19(26(21)20(24-15)33-4)32-14-9-12(18-22-6-7-23-18)8-13(10-14)25(2)3/h8-10,20H,5-7,11,21H2,1-4H3,(H,22,23). The fourth-order valence-corrected chi connectivity index (χ4v) is 3.83. The second kappa shape index (κ2) is 10.5. The second-order valence-electron chi connectivity index (χ2n) is 7.31. The van der Waals surface area contributed by atoms with Gasteiger partial charge < -0.3 is 19.7 Å². The van der Waals surface area contributed by atoms with Gasteiger partial charge in [-0.25, -0.2) is 15.8 Å². The highest BCUT2D eigenvalue weighted by Crippen LogP contribution is 2.31. The van der Waals surface area contributed by atoms with E-state index < -0.39 is 22.1 Å². The van der Waals surface area contributed by atoms with Gasteiger partial charge in [-0.05, 0) is 25.3 Å². The molecule has 13 heteroatoms. The van der Waals surface area contributed by atoms with Gasteiger partial charge in [0.15, 0.2) is 5.50 Å². The summed E-state index contributed by atoms with van der Waals surface area (Å²) in [6.07, 6.45) is 1.38. The zero-order chi connectivity index (χ0) is 24.1. The number of esters is 1. The normalized spacial score (nSPS) is 17.8. The predicted octanol–water partition coefficient (Wildman–Crippen LogP) is 1.16. The molecule has 0 fully saturated rings. The predicted molar refractivity (Wildman–Crippen MR) is 127 cm³/mol. The average Bonchev–Trinajstić information content (AvgIpc) is 3.30. The Morgan fingerprint density at radius 1 is 1.42 bits per heavy atom. The fraction of sp³-hybridized carbons (Fsp3) is 0.450. The highest BCUT2D eigenvalue weighted by Gasteiger charge is 2.39. The van der Waals surface area contributed by atoms with Crippen LogP contribution < -0.4 is 20.8 Å². The Balaban J connectivity index is 2.07. The molecule has 0 bridgehead atoms. The average molecular weight is 478 g/mol. The van der Waals surface area contributed by atoms with Crippen LogP contribution in [-0.2, 0) is 9.53 Å². The van der Waals surface area contributed by atoms with Gasteiger partial charge in [0.25, 0.3) is 5.88 Å². The van der Waals surface area contributed by atoms with Gasteiger partial charge in [-0.1, -0.05) is 0 Å². The molecular weight excluding hydrogens is 450 g/mol. The van der Waals surface area contributed by atoms with Crippen molar-refractivity contribution >= 4 is 35.0 Å². The van der Waals surface area contributed by atoms with Crippen molar-refractivity contribution in [3.63, 3.8) is 0 Å². The first-order chi connectivity index (χ1) is 15.7. The van der Waals surface area contributed by atoms with Gasteiger partial charge >= 0.3 is 11.7 Å². The Kier molecular flexibility index (Phi) is 7.76. The van der Waals surface area contributed by atoms with Crippen molar-refractivity contribution in [1.82, 2.24) is 10.3 Å². The number of nitrogens with two attached hydrogens (primary N) is 1. The molecule has 0 spiro atoms. The number of allylic oxidation sites excluding steroid dienone is 1. The highest BCUT2D eigenvalue weighted by molar-refractivity contribution is 7.99. The van der Waals surface area contributed by atoms with Crippen LogP contribution >= 0.6 is 11.8 Å². The molecule has 3 N–H and O–H groups in total. The molecule has 2 aliphatic heterocycles. The third-order valence-corrected chi connectivity index (χ3v) is 5.55.